The van der Waals surface area contributed by atoms with Gasteiger partial charge in [0.05, 0.1) is 34.9 Å². The van der Waals surface area contributed by atoms with Gasteiger partial charge in [-0.2, -0.15) is 0 Å². The van der Waals surface area contributed by atoms with Crippen LogP contribution in [-0.4, -0.2) is 71.9 Å². The highest BCUT2D eigenvalue weighted by molar-refractivity contribution is 7.84. The number of nitrogens with zero attached hydrogens (tertiary/aromatic N) is 4. The zero-order valence-electron chi connectivity index (χ0n) is 22.6. The van der Waals surface area contributed by atoms with E-state index in [9.17, 15) is 8.77 Å². The molecule has 2 aliphatic rings. The first-order valence-corrected chi connectivity index (χ1v) is 14.9. The quantitative estimate of drug-likeness (QED) is 0.389. The van der Waals surface area contributed by atoms with Gasteiger partial charge in [0.25, 0.3) is 0 Å². The molecule has 1 unspecified atom stereocenters. The van der Waals surface area contributed by atoms with Gasteiger partial charge >= 0.3 is 7.82 Å². The number of phosphoric acid groups is 1. The van der Waals surface area contributed by atoms with E-state index in [4.69, 9.17) is 33.5 Å². The maximum atomic E-state index is 13.6. The summed E-state index contributed by atoms with van der Waals surface area (Å²) >= 11 is 0. The first kappa shape index (κ1) is 28.5. The number of aromatic nitrogens is 4. The molecule has 5 atom stereocenters. The number of phosphoric ester groups is 1. The SMILES string of the molecule is CS(=O)c1nc(N)c2ncn([C@@H]3O[C@H](COP(=O)(OC(C)(C)C)OC(C)(C)C)[C@H]4OC(C)(C)O[C@H]43)c2n1. The molecule has 0 bridgehead atoms. The van der Waals surface area contributed by atoms with Gasteiger partial charge in [-0.05, 0) is 55.4 Å². The van der Waals surface area contributed by atoms with Crippen molar-refractivity contribution in [2.45, 2.75) is 102 Å². The van der Waals surface area contributed by atoms with Crippen LogP contribution in [0.1, 0.15) is 61.6 Å². The van der Waals surface area contributed by atoms with Crippen molar-refractivity contribution in [3.05, 3.63) is 6.33 Å². The van der Waals surface area contributed by atoms with Gasteiger partial charge in [-0.15, -0.1) is 0 Å². The van der Waals surface area contributed by atoms with Gasteiger partial charge in [0.15, 0.2) is 23.5 Å². The van der Waals surface area contributed by atoms with Crippen LogP contribution in [0.25, 0.3) is 11.2 Å². The van der Waals surface area contributed by atoms with E-state index in [1.54, 1.807) is 60.0 Å². The zero-order chi connectivity index (χ0) is 27.6. The fraction of sp³-hybridized carbons (Fsp3) is 0.773. The molecule has 2 saturated heterocycles. The molecule has 2 aromatic rings. The van der Waals surface area contributed by atoms with Crippen LogP contribution < -0.4 is 5.73 Å². The molecular weight excluding hydrogens is 525 g/mol. The Morgan fingerprint density at radius 2 is 1.70 bits per heavy atom. The molecule has 13 nitrogen and oxygen atoms in total. The molecule has 15 heteroatoms. The molecule has 2 aliphatic heterocycles. The zero-order valence-corrected chi connectivity index (χ0v) is 24.3. The Labute approximate surface area is 218 Å². The summed E-state index contributed by atoms with van der Waals surface area (Å²) in [6.07, 6.45) is 0.366. The van der Waals surface area contributed by atoms with Crippen molar-refractivity contribution >= 4 is 35.6 Å². The van der Waals surface area contributed by atoms with Crippen LogP contribution in [0.4, 0.5) is 5.82 Å². The smallest absolute Gasteiger partial charge is 0.382 e. The van der Waals surface area contributed by atoms with Gasteiger partial charge in [-0.1, -0.05) is 0 Å². The Morgan fingerprint density at radius 3 is 2.27 bits per heavy atom. The van der Waals surface area contributed by atoms with Crippen LogP contribution >= 0.6 is 7.82 Å². The fourth-order valence-electron chi connectivity index (χ4n) is 4.16. The van der Waals surface area contributed by atoms with Gasteiger partial charge in [-0.3, -0.25) is 22.3 Å². The lowest BCUT2D eigenvalue weighted by molar-refractivity contribution is -0.199. The fourth-order valence-corrected chi connectivity index (χ4v) is 6.41. The van der Waals surface area contributed by atoms with Crippen LogP contribution in [0, 0.1) is 0 Å². The number of imidazole rings is 1. The van der Waals surface area contributed by atoms with E-state index in [1.165, 1.54) is 12.6 Å². The molecule has 0 aliphatic carbocycles. The highest BCUT2D eigenvalue weighted by Gasteiger charge is 2.57. The third kappa shape index (κ3) is 6.39. The maximum absolute atomic E-state index is 13.6. The molecule has 0 radical (unpaired) electrons. The van der Waals surface area contributed by atoms with Crippen molar-refractivity contribution in [1.82, 2.24) is 19.5 Å². The first-order valence-electron chi connectivity index (χ1n) is 11.9. The van der Waals surface area contributed by atoms with Crippen molar-refractivity contribution in [2.75, 3.05) is 18.6 Å². The largest absolute Gasteiger partial charge is 0.475 e. The number of anilines is 1. The van der Waals surface area contributed by atoms with Crippen LogP contribution in [0.2, 0.25) is 0 Å². The molecule has 2 fully saturated rings. The Kier molecular flexibility index (Phi) is 7.39. The minimum atomic E-state index is -3.99. The predicted molar refractivity (Wildman–Crippen MR) is 135 cm³/mol. The van der Waals surface area contributed by atoms with Crippen LogP contribution in [0.5, 0.6) is 0 Å². The van der Waals surface area contributed by atoms with Gasteiger partial charge in [-0.25, -0.2) is 19.5 Å². The third-order valence-electron chi connectivity index (χ3n) is 5.25. The van der Waals surface area contributed by atoms with Crippen LogP contribution in [0.3, 0.4) is 0 Å². The van der Waals surface area contributed by atoms with E-state index in [0.717, 1.165) is 0 Å². The topological polar surface area (TPSA) is 159 Å². The average Bonchev–Trinajstić information content (AvgIpc) is 3.34. The van der Waals surface area contributed by atoms with E-state index in [0.29, 0.717) is 11.2 Å². The van der Waals surface area contributed by atoms with E-state index < -0.39 is 60.2 Å². The van der Waals surface area contributed by atoms with E-state index >= 15 is 0 Å². The summed E-state index contributed by atoms with van der Waals surface area (Å²) in [6, 6.07) is 0. The molecule has 37 heavy (non-hydrogen) atoms. The minimum Gasteiger partial charge on any atom is -0.382 e. The maximum Gasteiger partial charge on any atom is 0.475 e. The van der Waals surface area contributed by atoms with Gasteiger partial charge in [0, 0.05) is 6.26 Å². The second kappa shape index (κ2) is 9.60. The highest BCUT2D eigenvalue weighted by atomic mass is 32.2. The molecule has 0 amide bonds. The molecule has 2 aromatic heterocycles. The molecule has 4 heterocycles. The summed E-state index contributed by atoms with van der Waals surface area (Å²) < 4.78 is 63.1. The third-order valence-corrected chi connectivity index (χ3v) is 7.96. The average molecular weight is 562 g/mol. The van der Waals surface area contributed by atoms with E-state index in [1.807, 2.05) is 0 Å². The highest BCUT2D eigenvalue weighted by Crippen LogP contribution is 2.56. The second-order valence-corrected chi connectivity index (χ2v) is 14.2. The Hall–Kier alpha value is -1.51. The Balaban J connectivity index is 1.64. The molecule has 0 spiro atoms. The molecule has 4 rings (SSSR count). The molecule has 2 N–H and O–H groups in total. The number of nitrogen functional groups attached to an aromatic ring is 1. The number of ether oxygens (including phenoxy) is 3. The number of fused-ring (bicyclic) bond motifs is 2. The van der Waals surface area contributed by atoms with E-state index in [-0.39, 0.29) is 17.6 Å². The summed E-state index contributed by atoms with van der Waals surface area (Å²) in [4.78, 5) is 12.8. The van der Waals surface area contributed by atoms with Crippen LogP contribution in [-0.2, 0) is 43.1 Å². The predicted octanol–water partition coefficient (Wildman–Crippen LogP) is 3.32. The number of rotatable bonds is 7. The van der Waals surface area contributed by atoms with Gasteiger partial charge < -0.3 is 19.9 Å². The summed E-state index contributed by atoms with van der Waals surface area (Å²) in [5.41, 5.74) is 5.15. The molecule has 208 valence electrons. The Morgan fingerprint density at radius 1 is 1.11 bits per heavy atom. The van der Waals surface area contributed by atoms with Crippen molar-refractivity contribution in [3.63, 3.8) is 0 Å². The lowest BCUT2D eigenvalue weighted by Gasteiger charge is -2.32. The minimum absolute atomic E-state index is 0.0738. The van der Waals surface area contributed by atoms with Crippen molar-refractivity contribution in [1.29, 1.82) is 0 Å². The summed E-state index contributed by atoms with van der Waals surface area (Å²) in [6.45, 7) is 14.0. The number of hydrogen-bond donors (Lipinski definition) is 1. The molecule has 0 saturated carbocycles. The lowest BCUT2D eigenvalue weighted by Crippen LogP contribution is -2.33. The summed E-state index contributed by atoms with van der Waals surface area (Å²) in [7, 11) is -5.46. The van der Waals surface area contributed by atoms with Crippen molar-refractivity contribution in [2.24, 2.45) is 0 Å². The Bertz CT molecular complexity index is 1220. The van der Waals surface area contributed by atoms with E-state index in [2.05, 4.69) is 15.0 Å². The monoisotopic (exact) mass is 561 g/mol. The van der Waals surface area contributed by atoms with Gasteiger partial charge in [0.2, 0.25) is 5.16 Å². The van der Waals surface area contributed by atoms with Crippen molar-refractivity contribution < 1.29 is 36.6 Å². The number of nitrogens with two attached hydrogens (primary N) is 1. The molecule has 0 aromatic carbocycles. The second-order valence-electron chi connectivity index (χ2n) is 11.4. The summed E-state index contributed by atoms with van der Waals surface area (Å²) in [5, 5.41) is 0.0738. The lowest BCUT2D eigenvalue weighted by atomic mass is 10.1. The van der Waals surface area contributed by atoms with Crippen molar-refractivity contribution in [3.8, 4) is 0 Å². The normalized spacial score (nSPS) is 27.1. The first-order chi connectivity index (χ1) is 16.9. The molecular formula is C22H36N5O8PS. The van der Waals surface area contributed by atoms with Gasteiger partial charge in [0.1, 0.15) is 23.8 Å². The van der Waals surface area contributed by atoms with Crippen LogP contribution in [0.15, 0.2) is 11.5 Å². The summed E-state index contributed by atoms with van der Waals surface area (Å²) in [5.74, 6) is -0.809. The standard InChI is InChI=1S/C22H36N5O8PS/c1-20(2,3)34-36(28,35-21(4,5)6)30-10-12-14-15(33-22(7,8)32-14)18(31-12)27-11-24-13-16(23)25-19(37(9)29)26-17(13)27/h11-12,14-15,18H,10H2,1-9H3,(H2,23,25,26)/t12-,14-,15-,18-,37?/m1/s1. The number of hydrogen-bond acceptors (Lipinski definition) is 12.